The molecule has 0 aromatic carbocycles. The Balaban J connectivity index is 1.82. The van der Waals surface area contributed by atoms with Crippen LogP contribution in [0.5, 0.6) is 0 Å². The van der Waals surface area contributed by atoms with Crippen molar-refractivity contribution in [1.29, 1.82) is 0 Å². The van der Waals surface area contributed by atoms with Crippen molar-refractivity contribution in [2.24, 2.45) is 0 Å². The van der Waals surface area contributed by atoms with E-state index in [1.54, 1.807) is 0 Å². The van der Waals surface area contributed by atoms with Crippen molar-refractivity contribution in [2.75, 3.05) is 25.1 Å². The maximum atomic E-state index is 11.8. The molecule has 7 heteroatoms. The number of nitrogens with zero attached hydrogens (tertiary/aromatic N) is 2. The zero-order valence-corrected chi connectivity index (χ0v) is 11.4. The molecule has 100 valence electrons. The van der Waals surface area contributed by atoms with Gasteiger partial charge in [-0.25, -0.2) is 0 Å². The first-order chi connectivity index (χ1) is 8.65. The van der Waals surface area contributed by atoms with E-state index < -0.39 is 0 Å². The van der Waals surface area contributed by atoms with Gasteiger partial charge in [-0.3, -0.25) is 4.79 Å². The van der Waals surface area contributed by atoms with Gasteiger partial charge < -0.3 is 15.4 Å². The van der Waals surface area contributed by atoms with Crippen molar-refractivity contribution < 1.29 is 9.53 Å². The van der Waals surface area contributed by atoms with Crippen LogP contribution in [0.4, 0.5) is 5.13 Å². The van der Waals surface area contributed by atoms with Crippen LogP contribution in [-0.2, 0) is 9.53 Å². The minimum absolute atomic E-state index is 0.0514. The lowest BCUT2D eigenvalue weighted by Crippen LogP contribution is -2.43. The molecule has 1 amide bonds. The highest BCUT2D eigenvalue weighted by Crippen LogP contribution is 2.22. The van der Waals surface area contributed by atoms with Crippen LogP contribution in [0.1, 0.15) is 31.2 Å². The number of hydrogen-bond donors (Lipinski definition) is 2. The highest BCUT2D eigenvalue weighted by Gasteiger charge is 2.18. The average Bonchev–Trinajstić information content (AvgIpc) is 2.78. The Bertz CT molecular complexity index is 402. The predicted molar refractivity (Wildman–Crippen MR) is 69.9 cm³/mol. The summed E-state index contributed by atoms with van der Waals surface area (Å²) >= 11 is 1.43. The van der Waals surface area contributed by atoms with Gasteiger partial charge in [-0.15, -0.1) is 10.2 Å². The van der Waals surface area contributed by atoms with Crippen molar-refractivity contribution in [3.8, 4) is 0 Å². The van der Waals surface area contributed by atoms with Crippen molar-refractivity contribution in [3.05, 3.63) is 5.01 Å². The second kappa shape index (κ2) is 6.21. The molecular formula is C11H18N4O2S. The third-order valence-electron chi connectivity index (χ3n) is 2.61. The van der Waals surface area contributed by atoms with Gasteiger partial charge in [-0.1, -0.05) is 25.2 Å². The molecule has 2 rings (SSSR count). The Hall–Kier alpha value is -1.05. The Morgan fingerprint density at radius 2 is 2.44 bits per heavy atom. The van der Waals surface area contributed by atoms with Gasteiger partial charge in [-0.05, 0) is 0 Å². The van der Waals surface area contributed by atoms with Crippen LogP contribution < -0.4 is 10.6 Å². The van der Waals surface area contributed by atoms with E-state index in [1.165, 1.54) is 11.3 Å². The van der Waals surface area contributed by atoms with Crippen molar-refractivity contribution in [1.82, 2.24) is 15.5 Å². The van der Waals surface area contributed by atoms with Crippen molar-refractivity contribution in [3.63, 3.8) is 0 Å². The minimum atomic E-state index is -0.0514. The minimum Gasteiger partial charge on any atom is -0.378 e. The molecule has 1 aliphatic rings. The monoisotopic (exact) mass is 270 g/mol. The van der Waals surface area contributed by atoms with E-state index in [4.69, 9.17) is 4.74 Å². The second-order valence-corrected chi connectivity index (χ2v) is 5.59. The lowest BCUT2D eigenvalue weighted by molar-refractivity contribution is -0.117. The van der Waals surface area contributed by atoms with Crippen LogP contribution in [0.2, 0.25) is 0 Å². The quantitative estimate of drug-likeness (QED) is 0.853. The number of anilines is 1. The summed E-state index contributed by atoms with van der Waals surface area (Å²) in [7, 11) is 0. The molecule has 18 heavy (non-hydrogen) atoms. The fourth-order valence-corrected chi connectivity index (χ4v) is 2.43. The summed E-state index contributed by atoms with van der Waals surface area (Å²) in [4.78, 5) is 11.8. The van der Waals surface area contributed by atoms with Gasteiger partial charge in [-0.2, -0.15) is 0 Å². The van der Waals surface area contributed by atoms with Gasteiger partial charge in [0, 0.05) is 24.9 Å². The van der Waals surface area contributed by atoms with Gasteiger partial charge >= 0.3 is 0 Å². The van der Waals surface area contributed by atoms with E-state index in [2.05, 4.69) is 34.7 Å². The summed E-state index contributed by atoms with van der Waals surface area (Å²) in [6.45, 7) is 6.20. The Morgan fingerprint density at radius 3 is 3.06 bits per heavy atom. The molecule has 1 unspecified atom stereocenters. The third kappa shape index (κ3) is 3.72. The third-order valence-corrected chi connectivity index (χ3v) is 3.75. The topological polar surface area (TPSA) is 76.1 Å². The van der Waals surface area contributed by atoms with Crippen molar-refractivity contribution >= 4 is 22.4 Å². The molecule has 0 radical (unpaired) electrons. The normalized spacial score (nSPS) is 20.1. The summed E-state index contributed by atoms with van der Waals surface area (Å²) in [5.41, 5.74) is 0. The van der Waals surface area contributed by atoms with E-state index in [0.29, 0.717) is 30.7 Å². The van der Waals surface area contributed by atoms with Gasteiger partial charge in [0.1, 0.15) is 5.01 Å². The summed E-state index contributed by atoms with van der Waals surface area (Å²) in [6, 6.07) is 0.0937. The Morgan fingerprint density at radius 1 is 1.61 bits per heavy atom. The number of aromatic nitrogens is 2. The van der Waals surface area contributed by atoms with Crippen LogP contribution in [0.3, 0.4) is 0 Å². The van der Waals surface area contributed by atoms with Gasteiger partial charge in [0.05, 0.1) is 13.2 Å². The molecule has 1 aliphatic heterocycles. The maximum absolute atomic E-state index is 11.8. The lowest BCUT2D eigenvalue weighted by atomic mass is 10.2. The van der Waals surface area contributed by atoms with E-state index in [1.807, 2.05) is 0 Å². The molecule has 1 saturated heterocycles. The smallest absolute Gasteiger partial charge is 0.227 e. The molecular weight excluding hydrogens is 252 g/mol. The molecule has 1 aromatic heterocycles. The van der Waals surface area contributed by atoms with Crippen LogP contribution in [0.25, 0.3) is 0 Å². The summed E-state index contributed by atoms with van der Waals surface area (Å²) in [6.07, 6.45) is 0.399. The molecule has 6 nitrogen and oxygen atoms in total. The zero-order chi connectivity index (χ0) is 13.0. The Labute approximate surface area is 110 Å². The maximum Gasteiger partial charge on any atom is 0.227 e. The van der Waals surface area contributed by atoms with Gasteiger partial charge in [0.2, 0.25) is 11.0 Å². The summed E-state index contributed by atoms with van der Waals surface area (Å²) in [5, 5.41) is 15.5. The van der Waals surface area contributed by atoms with E-state index in [0.717, 1.165) is 11.6 Å². The Kier molecular flexibility index (Phi) is 4.62. The van der Waals surface area contributed by atoms with Gasteiger partial charge in [0.15, 0.2) is 0 Å². The summed E-state index contributed by atoms with van der Waals surface area (Å²) in [5.74, 6) is 0.283. The second-order valence-electron chi connectivity index (χ2n) is 4.58. The SMILES string of the molecule is CC(C)c1nnc(NC(=O)CC2COCCN2)s1. The van der Waals surface area contributed by atoms with Gasteiger partial charge in [0.25, 0.3) is 0 Å². The van der Waals surface area contributed by atoms with E-state index >= 15 is 0 Å². The molecule has 2 N–H and O–H groups in total. The predicted octanol–water partition coefficient (Wildman–Crippen LogP) is 0.978. The number of carbonyl (C=O) groups excluding carboxylic acids is 1. The van der Waals surface area contributed by atoms with E-state index in [9.17, 15) is 4.79 Å². The molecule has 0 bridgehead atoms. The first kappa shape index (κ1) is 13.4. The van der Waals surface area contributed by atoms with E-state index in [-0.39, 0.29) is 11.9 Å². The first-order valence-electron chi connectivity index (χ1n) is 6.09. The number of hydrogen-bond acceptors (Lipinski definition) is 6. The molecule has 0 aliphatic carbocycles. The van der Waals surface area contributed by atoms with Crippen LogP contribution in [-0.4, -0.2) is 41.9 Å². The van der Waals surface area contributed by atoms with Crippen molar-refractivity contribution in [2.45, 2.75) is 32.2 Å². The molecule has 1 aromatic rings. The fourth-order valence-electron chi connectivity index (χ4n) is 1.66. The standard InChI is InChI=1S/C11H18N4O2S/c1-7(2)10-14-15-11(18-10)13-9(16)5-8-6-17-4-3-12-8/h7-8,12H,3-6H2,1-2H3,(H,13,15,16). The largest absolute Gasteiger partial charge is 0.378 e. The molecule has 2 heterocycles. The number of carbonyl (C=O) groups is 1. The summed E-state index contributed by atoms with van der Waals surface area (Å²) < 4.78 is 5.30. The molecule has 1 atom stereocenters. The fraction of sp³-hybridized carbons (Fsp3) is 0.727. The number of morpholine rings is 1. The van der Waals surface area contributed by atoms with Crippen LogP contribution in [0.15, 0.2) is 0 Å². The zero-order valence-electron chi connectivity index (χ0n) is 10.6. The van der Waals surface area contributed by atoms with Crippen LogP contribution in [0, 0.1) is 0 Å². The number of ether oxygens (including phenoxy) is 1. The highest BCUT2D eigenvalue weighted by molar-refractivity contribution is 7.15. The lowest BCUT2D eigenvalue weighted by Gasteiger charge is -2.22. The first-order valence-corrected chi connectivity index (χ1v) is 6.91. The number of nitrogens with one attached hydrogen (secondary N) is 2. The number of amides is 1. The highest BCUT2D eigenvalue weighted by atomic mass is 32.1. The molecule has 0 saturated carbocycles. The van der Waals surface area contributed by atoms with Crippen LogP contribution >= 0.6 is 11.3 Å². The molecule has 1 fully saturated rings. The molecule has 0 spiro atoms. The average molecular weight is 270 g/mol. The number of rotatable bonds is 4.